The molecule has 7 heteroatoms. The number of pyridine rings is 1. The highest BCUT2D eigenvalue weighted by molar-refractivity contribution is 5.99. The molecular formula is C26H30N4O3. The van der Waals surface area contributed by atoms with E-state index in [-0.39, 0.29) is 11.8 Å². The predicted molar refractivity (Wildman–Crippen MR) is 130 cm³/mol. The maximum Gasteiger partial charge on any atom is 0.255 e. The van der Waals surface area contributed by atoms with Crippen molar-refractivity contribution in [2.24, 2.45) is 0 Å². The molecule has 1 N–H and O–H groups in total. The molecule has 1 aromatic heterocycles. The van der Waals surface area contributed by atoms with Crippen LogP contribution in [-0.4, -0.2) is 66.4 Å². The maximum absolute atomic E-state index is 13.2. The van der Waals surface area contributed by atoms with Crippen molar-refractivity contribution in [2.75, 3.05) is 45.2 Å². The summed E-state index contributed by atoms with van der Waals surface area (Å²) in [5.41, 5.74) is 5.22. The van der Waals surface area contributed by atoms with Gasteiger partial charge < -0.3 is 15.0 Å². The van der Waals surface area contributed by atoms with E-state index >= 15 is 0 Å². The number of aromatic nitrogens is 1. The van der Waals surface area contributed by atoms with Crippen molar-refractivity contribution >= 4 is 28.4 Å². The first kappa shape index (κ1) is 22.7. The molecule has 2 heterocycles. The fourth-order valence-corrected chi connectivity index (χ4v) is 4.15. The minimum absolute atomic E-state index is 0.0165. The molecule has 0 bridgehead atoms. The first-order valence-electron chi connectivity index (χ1n) is 11.2. The van der Waals surface area contributed by atoms with Gasteiger partial charge in [-0.25, -0.2) is 0 Å². The first-order valence-corrected chi connectivity index (χ1v) is 11.2. The smallest absolute Gasteiger partial charge is 0.255 e. The Hall–Kier alpha value is -3.45. The third-order valence-corrected chi connectivity index (χ3v) is 6.35. The van der Waals surface area contributed by atoms with E-state index in [1.807, 2.05) is 68.1 Å². The molecule has 0 spiro atoms. The van der Waals surface area contributed by atoms with Gasteiger partial charge in [0, 0.05) is 43.3 Å². The second kappa shape index (κ2) is 9.58. The van der Waals surface area contributed by atoms with Gasteiger partial charge in [-0.05, 0) is 56.2 Å². The summed E-state index contributed by atoms with van der Waals surface area (Å²) in [6.45, 7) is 8.69. The molecule has 33 heavy (non-hydrogen) atoms. The van der Waals surface area contributed by atoms with Gasteiger partial charge >= 0.3 is 0 Å². The molecule has 1 fully saturated rings. The molecule has 1 aliphatic rings. The molecular weight excluding hydrogens is 416 g/mol. The number of nitrogens with one attached hydrogen (secondary N) is 1. The van der Waals surface area contributed by atoms with Gasteiger partial charge in [0.25, 0.3) is 5.91 Å². The van der Waals surface area contributed by atoms with Crippen molar-refractivity contribution < 1.29 is 14.3 Å². The highest BCUT2D eigenvalue weighted by atomic mass is 16.5. The van der Waals surface area contributed by atoms with Gasteiger partial charge in [-0.1, -0.05) is 12.1 Å². The van der Waals surface area contributed by atoms with E-state index < -0.39 is 0 Å². The SMILES string of the molecule is COc1ccc2cc(C(=O)N3CCN(CC(=O)Nc4cccc(C)c4C)CC3)c(C)nc2c1. The van der Waals surface area contributed by atoms with Gasteiger partial charge in [0.05, 0.1) is 30.4 Å². The van der Waals surface area contributed by atoms with Crippen LogP contribution in [0.15, 0.2) is 42.5 Å². The van der Waals surface area contributed by atoms with Gasteiger partial charge in [-0.2, -0.15) is 0 Å². The number of carbonyl (C=O) groups excluding carboxylic acids is 2. The first-order chi connectivity index (χ1) is 15.9. The summed E-state index contributed by atoms with van der Waals surface area (Å²) in [5.74, 6) is 0.692. The van der Waals surface area contributed by atoms with E-state index in [1.165, 1.54) is 0 Å². The summed E-state index contributed by atoms with van der Waals surface area (Å²) in [7, 11) is 1.62. The topological polar surface area (TPSA) is 74.8 Å². The van der Waals surface area contributed by atoms with Crippen LogP contribution in [0.4, 0.5) is 5.69 Å². The molecule has 7 nitrogen and oxygen atoms in total. The van der Waals surface area contributed by atoms with Crippen LogP contribution in [0.1, 0.15) is 27.2 Å². The molecule has 1 saturated heterocycles. The molecule has 0 unspecified atom stereocenters. The molecule has 0 radical (unpaired) electrons. The van der Waals surface area contributed by atoms with Crippen molar-refractivity contribution in [2.45, 2.75) is 20.8 Å². The number of piperazine rings is 1. The van der Waals surface area contributed by atoms with Gasteiger partial charge in [0.15, 0.2) is 0 Å². The van der Waals surface area contributed by atoms with Crippen LogP contribution in [0.2, 0.25) is 0 Å². The monoisotopic (exact) mass is 446 g/mol. The quantitative estimate of drug-likeness (QED) is 0.649. The Kier molecular flexibility index (Phi) is 6.60. The lowest BCUT2D eigenvalue weighted by atomic mass is 10.1. The zero-order chi connectivity index (χ0) is 23.5. The van der Waals surface area contributed by atoms with Gasteiger partial charge in [0.1, 0.15) is 5.75 Å². The number of nitrogens with zero attached hydrogens (tertiary/aromatic N) is 3. The van der Waals surface area contributed by atoms with Crippen molar-refractivity contribution in [3.8, 4) is 5.75 Å². The highest BCUT2D eigenvalue weighted by Gasteiger charge is 2.25. The van der Waals surface area contributed by atoms with Crippen molar-refractivity contribution in [1.82, 2.24) is 14.8 Å². The average Bonchev–Trinajstić information content (AvgIpc) is 2.81. The molecule has 0 aliphatic carbocycles. The van der Waals surface area contributed by atoms with Crippen molar-refractivity contribution in [1.29, 1.82) is 0 Å². The summed E-state index contributed by atoms with van der Waals surface area (Å²) in [5, 5.41) is 3.92. The molecule has 2 aromatic carbocycles. The van der Waals surface area contributed by atoms with Crippen molar-refractivity contribution in [3.05, 3.63) is 64.8 Å². The number of rotatable bonds is 5. The minimum atomic E-state index is -0.0338. The number of hydrogen-bond acceptors (Lipinski definition) is 5. The van der Waals surface area contributed by atoms with Crippen LogP contribution in [0.25, 0.3) is 10.9 Å². The molecule has 2 amide bonds. The molecule has 4 rings (SSSR count). The normalized spacial score (nSPS) is 14.4. The fourth-order valence-electron chi connectivity index (χ4n) is 4.15. The van der Waals surface area contributed by atoms with E-state index in [0.29, 0.717) is 44.0 Å². The molecule has 0 saturated carbocycles. The Labute approximate surface area is 194 Å². The summed E-state index contributed by atoms with van der Waals surface area (Å²) in [6, 6.07) is 13.5. The average molecular weight is 447 g/mol. The lowest BCUT2D eigenvalue weighted by Crippen LogP contribution is -2.50. The maximum atomic E-state index is 13.2. The number of fused-ring (bicyclic) bond motifs is 1. The van der Waals surface area contributed by atoms with Crippen LogP contribution in [0.3, 0.4) is 0 Å². The Morgan fingerprint density at radius 1 is 1.03 bits per heavy atom. The van der Waals surface area contributed by atoms with Crippen LogP contribution in [-0.2, 0) is 4.79 Å². The van der Waals surface area contributed by atoms with E-state index in [9.17, 15) is 9.59 Å². The van der Waals surface area contributed by atoms with Crippen LogP contribution < -0.4 is 10.1 Å². The fraction of sp³-hybridized carbons (Fsp3) is 0.346. The number of amides is 2. The summed E-state index contributed by atoms with van der Waals surface area (Å²) in [6.07, 6.45) is 0. The summed E-state index contributed by atoms with van der Waals surface area (Å²) < 4.78 is 5.27. The van der Waals surface area contributed by atoms with Gasteiger partial charge in [0.2, 0.25) is 5.91 Å². The second-order valence-electron chi connectivity index (χ2n) is 8.54. The highest BCUT2D eigenvalue weighted by Crippen LogP contribution is 2.23. The lowest BCUT2D eigenvalue weighted by molar-refractivity contribution is -0.117. The third kappa shape index (κ3) is 4.98. The number of ether oxygens (including phenoxy) is 1. The number of benzene rings is 2. The van der Waals surface area contributed by atoms with Gasteiger partial charge in [-0.15, -0.1) is 0 Å². The molecule has 1 aliphatic heterocycles. The zero-order valence-corrected chi connectivity index (χ0v) is 19.6. The Morgan fingerprint density at radius 2 is 1.79 bits per heavy atom. The number of anilines is 1. The van der Waals surface area contributed by atoms with E-state index in [2.05, 4.69) is 15.2 Å². The number of hydrogen-bond donors (Lipinski definition) is 1. The van der Waals surface area contributed by atoms with E-state index in [1.54, 1.807) is 7.11 Å². The van der Waals surface area contributed by atoms with Gasteiger partial charge in [-0.3, -0.25) is 19.5 Å². The number of aryl methyl sites for hydroxylation is 2. The number of carbonyl (C=O) groups is 2. The van der Waals surface area contributed by atoms with Crippen LogP contribution >= 0.6 is 0 Å². The number of methoxy groups -OCH3 is 1. The minimum Gasteiger partial charge on any atom is -0.497 e. The summed E-state index contributed by atoms with van der Waals surface area (Å²) in [4.78, 5) is 34.3. The lowest BCUT2D eigenvalue weighted by Gasteiger charge is -2.34. The third-order valence-electron chi connectivity index (χ3n) is 6.35. The predicted octanol–water partition coefficient (Wildman–Crippen LogP) is 3.57. The van der Waals surface area contributed by atoms with E-state index in [0.717, 1.165) is 33.5 Å². The second-order valence-corrected chi connectivity index (χ2v) is 8.54. The molecule has 0 atom stereocenters. The molecule has 3 aromatic rings. The van der Waals surface area contributed by atoms with Crippen LogP contribution in [0.5, 0.6) is 5.75 Å². The summed E-state index contributed by atoms with van der Waals surface area (Å²) >= 11 is 0. The largest absolute Gasteiger partial charge is 0.497 e. The molecule has 172 valence electrons. The Morgan fingerprint density at radius 3 is 2.52 bits per heavy atom. The Bertz CT molecular complexity index is 1200. The standard InChI is InChI=1S/C26H30N4O3/c1-17-6-5-7-23(18(17)2)28-25(31)16-29-10-12-30(13-11-29)26(32)22-14-20-8-9-21(33-4)15-24(20)27-19(22)3/h5-9,14-15H,10-13,16H2,1-4H3,(H,28,31). The zero-order valence-electron chi connectivity index (χ0n) is 19.6. The van der Waals surface area contributed by atoms with Crippen LogP contribution in [0, 0.1) is 20.8 Å². The van der Waals surface area contributed by atoms with E-state index in [4.69, 9.17) is 4.74 Å². The Balaban J connectivity index is 1.36. The van der Waals surface area contributed by atoms with Crippen molar-refractivity contribution in [3.63, 3.8) is 0 Å².